The number of carbonyl (C=O) groups excluding carboxylic acids is 1. The predicted octanol–water partition coefficient (Wildman–Crippen LogP) is 8.38. The van der Waals surface area contributed by atoms with Gasteiger partial charge in [-0.05, 0) is 66.6 Å². The molecular weight excluding hydrogens is 523 g/mol. The average Bonchev–Trinajstić information content (AvgIpc) is 3.48. The zero-order valence-corrected chi connectivity index (χ0v) is 25.9. The summed E-state index contributed by atoms with van der Waals surface area (Å²) >= 11 is 0. The van der Waals surface area contributed by atoms with Crippen molar-refractivity contribution < 1.29 is 9.53 Å². The Morgan fingerprint density at radius 3 is 2.17 bits per heavy atom. The van der Waals surface area contributed by atoms with Gasteiger partial charge in [-0.1, -0.05) is 121 Å². The molecule has 5 heteroatoms. The van der Waals surface area contributed by atoms with Crippen molar-refractivity contribution in [2.24, 2.45) is 10.9 Å². The third-order valence-corrected chi connectivity index (χ3v) is 13.6. The zero-order valence-electron chi connectivity index (χ0n) is 25.1. The van der Waals surface area contributed by atoms with Gasteiger partial charge in [0.05, 0.1) is 18.7 Å². The van der Waals surface area contributed by atoms with Gasteiger partial charge < -0.3 is 4.74 Å². The summed E-state index contributed by atoms with van der Waals surface area (Å²) < 4.78 is 6.28. The third kappa shape index (κ3) is 6.97. The highest BCUT2D eigenvalue weighted by molar-refractivity contribution is 7.67. The summed E-state index contributed by atoms with van der Waals surface area (Å²) in [4.78, 5) is 21.3. The van der Waals surface area contributed by atoms with Crippen molar-refractivity contribution in [2.45, 2.75) is 120 Å². The highest BCUT2D eigenvalue weighted by Gasteiger charge is 2.38. The highest BCUT2D eigenvalue weighted by Crippen LogP contribution is 2.55. The summed E-state index contributed by atoms with van der Waals surface area (Å²) in [5.41, 5.74) is 4.00. The van der Waals surface area contributed by atoms with Gasteiger partial charge in [0.25, 0.3) is 5.91 Å². The molecule has 4 nitrogen and oxygen atoms in total. The molecule has 0 spiro atoms. The van der Waals surface area contributed by atoms with Crippen LogP contribution in [0.25, 0.3) is 0 Å². The molecule has 3 atom stereocenters. The van der Waals surface area contributed by atoms with E-state index in [1.54, 1.807) is 0 Å². The maximum atomic E-state index is 13.9. The van der Waals surface area contributed by atoms with Gasteiger partial charge in [-0.3, -0.25) is 14.7 Å². The molecule has 3 saturated carbocycles. The Morgan fingerprint density at radius 2 is 1.49 bits per heavy atom. The molecule has 3 aliphatic carbocycles. The van der Waals surface area contributed by atoms with E-state index in [-0.39, 0.29) is 32.6 Å². The van der Waals surface area contributed by atoms with E-state index in [0.29, 0.717) is 12.5 Å². The smallest absolute Gasteiger partial charge is 0.254 e. The van der Waals surface area contributed by atoms with Crippen molar-refractivity contribution in [2.75, 3.05) is 13.2 Å². The van der Waals surface area contributed by atoms with E-state index in [0.717, 1.165) is 30.0 Å². The Labute approximate surface area is 249 Å². The van der Waals surface area contributed by atoms with E-state index in [2.05, 4.69) is 61.5 Å². The van der Waals surface area contributed by atoms with E-state index in [9.17, 15) is 4.79 Å². The molecule has 6 rings (SSSR count). The molecule has 3 fully saturated rings. The van der Waals surface area contributed by atoms with Crippen LogP contribution in [-0.2, 0) is 9.53 Å². The van der Waals surface area contributed by atoms with Crippen LogP contribution >= 0.6 is 7.92 Å². The van der Waals surface area contributed by atoms with E-state index in [1.165, 1.54) is 93.5 Å². The maximum Gasteiger partial charge on any atom is 0.254 e. The molecule has 0 aromatic heterocycles. The minimum Gasteiger partial charge on any atom is -0.368 e. The minimum atomic E-state index is -0.309. The first-order valence-electron chi connectivity index (χ1n) is 16.6. The van der Waals surface area contributed by atoms with Crippen molar-refractivity contribution in [3.63, 3.8) is 0 Å². The summed E-state index contributed by atoms with van der Waals surface area (Å²) in [7, 11) is -0.309. The van der Waals surface area contributed by atoms with Crippen LogP contribution in [0.15, 0.2) is 59.6 Å². The van der Waals surface area contributed by atoms with Crippen LogP contribution in [0.1, 0.15) is 114 Å². The molecule has 0 N–H and O–H groups in total. The molecule has 1 amide bonds. The van der Waals surface area contributed by atoms with Crippen molar-refractivity contribution in [3.8, 4) is 0 Å². The summed E-state index contributed by atoms with van der Waals surface area (Å²) in [6, 6.07) is 19.6. The lowest BCUT2D eigenvalue weighted by atomic mass is 9.89. The van der Waals surface area contributed by atoms with Gasteiger partial charge in [-0.25, -0.2) is 0 Å². The van der Waals surface area contributed by atoms with E-state index >= 15 is 0 Å². The Hall–Kier alpha value is -2.03. The van der Waals surface area contributed by atoms with Gasteiger partial charge in [0.1, 0.15) is 12.4 Å². The Kier molecular flexibility index (Phi) is 9.90. The third-order valence-electron chi connectivity index (χ3n) is 10.1. The topological polar surface area (TPSA) is 41.9 Å². The van der Waals surface area contributed by atoms with Crippen LogP contribution in [0.3, 0.4) is 0 Å². The SMILES string of the molecule is C[C@@H]1CCC[C@H](OCC(=O)N2C[C@@H](c3ccccc3)N=C2c2ccccc2P(C2CCCCC2)C2CCCCC2)C1. The number of benzene rings is 2. The Morgan fingerprint density at radius 1 is 0.829 bits per heavy atom. The number of ether oxygens (including phenoxy) is 1. The van der Waals surface area contributed by atoms with Gasteiger partial charge in [0.2, 0.25) is 0 Å². The summed E-state index contributed by atoms with van der Waals surface area (Å²) in [6.07, 6.45) is 18.5. The molecule has 2 aromatic carbocycles. The van der Waals surface area contributed by atoms with Crippen molar-refractivity contribution in [1.82, 2.24) is 4.90 Å². The normalized spacial score (nSPS) is 26.3. The number of amidine groups is 1. The van der Waals surface area contributed by atoms with Crippen LogP contribution in [0.5, 0.6) is 0 Å². The summed E-state index contributed by atoms with van der Waals surface area (Å²) in [5.74, 6) is 1.63. The van der Waals surface area contributed by atoms with Crippen LogP contribution < -0.4 is 5.30 Å². The van der Waals surface area contributed by atoms with E-state index in [1.807, 2.05) is 4.90 Å². The second-order valence-corrected chi connectivity index (χ2v) is 15.9. The van der Waals surface area contributed by atoms with Gasteiger partial charge in [-0.2, -0.15) is 0 Å². The van der Waals surface area contributed by atoms with Crippen LogP contribution in [0.2, 0.25) is 0 Å². The maximum absolute atomic E-state index is 13.9. The number of nitrogens with zero attached hydrogens (tertiary/aromatic N) is 2. The first kappa shape index (κ1) is 29.1. The van der Waals surface area contributed by atoms with Gasteiger partial charge in [0, 0.05) is 5.56 Å². The van der Waals surface area contributed by atoms with Crippen LogP contribution in [0.4, 0.5) is 0 Å². The predicted molar refractivity (Wildman–Crippen MR) is 172 cm³/mol. The lowest BCUT2D eigenvalue weighted by Gasteiger charge is -2.39. The fourth-order valence-electron chi connectivity index (χ4n) is 7.90. The molecule has 220 valence electrons. The number of carbonyl (C=O) groups is 1. The largest absolute Gasteiger partial charge is 0.368 e. The number of hydrogen-bond donors (Lipinski definition) is 0. The standard InChI is InChI=1S/C36H49N2O2P/c1-27-14-13-17-29(24-27)40-26-35(39)38-25-33(28-15-5-2-6-16-28)37-36(38)32-22-11-12-23-34(32)41(30-18-7-3-8-19-30)31-20-9-4-10-21-31/h2,5-6,11-12,15-16,22-23,27,29-31,33H,3-4,7-10,13-14,17-21,24-26H2,1H3/t27-,29+,33+/m1/s1. The molecule has 1 aliphatic heterocycles. The molecular formula is C36H49N2O2P. The number of aliphatic imine (C=N–C) groups is 1. The molecule has 4 aliphatic rings. The Balaban J connectivity index is 1.32. The fourth-order valence-corrected chi connectivity index (χ4v) is 11.8. The second kappa shape index (κ2) is 14.0. The van der Waals surface area contributed by atoms with Gasteiger partial charge in [0.15, 0.2) is 0 Å². The number of rotatable bonds is 8. The van der Waals surface area contributed by atoms with Crippen molar-refractivity contribution >= 4 is 25.0 Å². The highest BCUT2D eigenvalue weighted by atomic mass is 31.1. The van der Waals surface area contributed by atoms with Crippen molar-refractivity contribution in [1.29, 1.82) is 0 Å². The molecule has 41 heavy (non-hydrogen) atoms. The van der Waals surface area contributed by atoms with E-state index < -0.39 is 0 Å². The first-order valence-corrected chi connectivity index (χ1v) is 18.1. The molecule has 0 saturated heterocycles. The molecule has 0 bridgehead atoms. The quantitative estimate of drug-likeness (QED) is 0.298. The molecule has 0 unspecified atom stereocenters. The first-order chi connectivity index (χ1) is 20.2. The second-order valence-electron chi connectivity index (χ2n) is 13.1. The summed E-state index contributed by atoms with van der Waals surface area (Å²) in [5, 5.41) is 1.51. The number of hydrogen-bond acceptors (Lipinski definition) is 3. The van der Waals surface area contributed by atoms with Gasteiger partial charge >= 0.3 is 0 Å². The van der Waals surface area contributed by atoms with Crippen LogP contribution in [0, 0.1) is 5.92 Å². The average molecular weight is 573 g/mol. The fraction of sp³-hybridized carbons (Fsp3) is 0.611. The lowest BCUT2D eigenvalue weighted by molar-refractivity contribution is -0.135. The lowest BCUT2D eigenvalue weighted by Crippen LogP contribution is -2.41. The molecule has 0 radical (unpaired) electrons. The molecule has 2 aromatic rings. The molecule has 1 heterocycles. The summed E-state index contributed by atoms with van der Waals surface area (Å²) in [6.45, 7) is 3.06. The number of amides is 1. The Bertz CT molecular complexity index is 1150. The van der Waals surface area contributed by atoms with Crippen molar-refractivity contribution in [3.05, 3.63) is 65.7 Å². The zero-order chi connectivity index (χ0) is 28.0. The monoisotopic (exact) mass is 572 g/mol. The van der Waals surface area contributed by atoms with Crippen LogP contribution in [-0.4, -0.2) is 47.2 Å². The van der Waals surface area contributed by atoms with E-state index in [4.69, 9.17) is 9.73 Å². The minimum absolute atomic E-state index is 0.0338. The van der Waals surface area contributed by atoms with Gasteiger partial charge in [-0.15, -0.1) is 0 Å².